The molecule has 0 heterocycles. The lowest BCUT2D eigenvalue weighted by Gasteiger charge is -2.26. The zero-order valence-corrected chi connectivity index (χ0v) is 11.4. The summed E-state index contributed by atoms with van der Waals surface area (Å²) in [6.07, 6.45) is 4.59. The van der Waals surface area contributed by atoms with E-state index in [1.165, 1.54) is 0 Å². The molecule has 106 valence electrons. The van der Waals surface area contributed by atoms with E-state index in [0.29, 0.717) is 32.3 Å². The molecule has 1 unspecified atom stereocenters. The van der Waals surface area contributed by atoms with Gasteiger partial charge in [0.25, 0.3) is 0 Å². The number of unbranched alkanes of at least 4 members (excludes halogenated alkanes) is 1. The number of aliphatic carboxylic acids is 1. The van der Waals surface area contributed by atoms with Gasteiger partial charge in [-0.25, -0.2) is 0 Å². The van der Waals surface area contributed by atoms with Crippen molar-refractivity contribution in [3.05, 3.63) is 0 Å². The van der Waals surface area contributed by atoms with E-state index >= 15 is 0 Å². The third-order valence-corrected chi connectivity index (χ3v) is 3.22. The Hall–Kier alpha value is -0.650. The third-order valence-electron chi connectivity index (χ3n) is 3.22. The van der Waals surface area contributed by atoms with Crippen LogP contribution in [0.15, 0.2) is 0 Å². The van der Waals surface area contributed by atoms with Gasteiger partial charge in [-0.15, -0.1) is 0 Å². The molecule has 0 aliphatic heterocycles. The standard InChI is InChI=1S/C13H25NO4/c1-13(12(15)16,14-11-5-6-11)7-3-4-8-18-10-9-17-2/h11,14H,3-10H2,1-2H3,(H,15,16). The first kappa shape index (κ1) is 15.4. The van der Waals surface area contributed by atoms with Crippen LogP contribution in [0.1, 0.15) is 39.0 Å². The molecule has 5 nitrogen and oxygen atoms in total. The Morgan fingerprint density at radius 1 is 1.33 bits per heavy atom. The summed E-state index contributed by atoms with van der Waals surface area (Å²) < 4.78 is 10.2. The second kappa shape index (κ2) is 7.71. The van der Waals surface area contributed by atoms with Crippen LogP contribution in [0.2, 0.25) is 0 Å². The molecule has 0 bridgehead atoms. The van der Waals surface area contributed by atoms with Gasteiger partial charge in [0.05, 0.1) is 13.2 Å². The van der Waals surface area contributed by atoms with Crippen LogP contribution < -0.4 is 5.32 Å². The normalized spacial score (nSPS) is 18.6. The summed E-state index contributed by atoms with van der Waals surface area (Å²) in [5, 5.41) is 12.5. The molecule has 0 amide bonds. The van der Waals surface area contributed by atoms with Crippen LogP contribution in [0.25, 0.3) is 0 Å². The molecule has 2 N–H and O–H groups in total. The fraction of sp³-hybridized carbons (Fsp3) is 0.923. The Bertz CT molecular complexity index is 255. The fourth-order valence-corrected chi connectivity index (χ4v) is 1.85. The Morgan fingerprint density at radius 2 is 2.06 bits per heavy atom. The van der Waals surface area contributed by atoms with Crippen molar-refractivity contribution in [2.45, 2.75) is 50.6 Å². The molecule has 1 saturated carbocycles. The molecule has 0 saturated heterocycles. The molecule has 0 radical (unpaired) electrons. The number of rotatable bonds is 11. The number of carboxylic acid groups (broad SMARTS) is 1. The number of methoxy groups -OCH3 is 1. The van der Waals surface area contributed by atoms with Gasteiger partial charge < -0.3 is 14.6 Å². The van der Waals surface area contributed by atoms with Crippen molar-refractivity contribution in [1.82, 2.24) is 5.32 Å². The third kappa shape index (κ3) is 5.80. The number of carbonyl (C=O) groups is 1. The number of carboxylic acids is 1. The Balaban J connectivity index is 2.11. The van der Waals surface area contributed by atoms with Crippen molar-refractivity contribution in [2.75, 3.05) is 26.9 Å². The average Bonchev–Trinajstić information content (AvgIpc) is 3.11. The monoisotopic (exact) mass is 259 g/mol. The first-order chi connectivity index (χ1) is 8.58. The van der Waals surface area contributed by atoms with E-state index in [0.717, 1.165) is 25.7 Å². The summed E-state index contributed by atoms with van der Waals surface area (Å²) in [4.78, 5) is 11.3. The van der Waals surface area contributed by atoms with E-state index in [2.05, 4.69) is 5.32 Å². The molecule has 0 spiro atoms. The van der Waals surface area contributed by atoms with Crippen LogP contribution >= 0.6 is 0 Å². The lowest BCUT2D eigenvalue weighted by atomic mass is 9.95. The maximum atomic E-state index is 11.3. The van der Waals surface area contributed by atoms with E-state index in [1.54, 1.807) is 14.0 Å². The minimum absolute atomic E-state index is 0.407. The molecule has 1 aliphatic carbocycles. The molecular weight excluding hydrogens is 234 g/mol. The highest BCUT2D eigenvalue weighted by molar-refractivity contribution is 5.78. The van der Waals surface area contributed by atoms with Gasteiger partial charge in [-0.1, -0.05) is 0 Å². The van der Waals surface area contributed by atoms with E-state index < -0.39 is 11.5 Å². The zero-order valence-electron chi connectivity index (χ0n) is 11.4. The molecule has 0 aromatic rings. The maximum Gasteiger partial charge on any atom is 0.323 e. The van der Waals surface area contributed by atoms with Crippen molar-refractivity contribution in [3.63, 3.8) is 0 Å². The van der Waals surface area contributed by atoms with Gasteiger partial charge >= 0.3 is 5.97 Å². The molecule has 1 aliphatic rings. The Morgan fingerprint density at radius 3 is 2.61 bits per heavy atom. The Labute approximate surface area is 109 Å². The first-order valence-electron chi connectivity index (χ1n) is 6.66. The minimum Gasteiger partial charge on any atom is -0.480 e. The SMILES string of the molecule is COCCOCCCCC(C)(NC1CC1)C(=O)O. The predicted molar refractivity (Wildman–Crippen MR) is 68.7 cm³/mol. The van der Waals surface area contributed by atoms with E-state index in [1.807, 2.05) is 0 Å². The van der Waals surface area contributed by atoms with E-state index in [9.17, 15) is 9.90 Å². The summed E-state index contributed by atoms with van der Waals surface area (Å²) >= 11 is 0. The molecule has 18 heavy (non-hydrogen) atoms. The summed E-state index contributed by atoms with van der Waals surface area (Å²) in [7, 11) is 1.64. The number of hydrogen-bond acceptors (Lipinski definition) is 4. The van der Waals surface area contributed by atoms with E-state index in [4.69, 9.17) is 9.47 Å². The smallest absolute Gasteiger partial charge is 0.323 e. The molecule has 5 heteroatoms. The molecular formula is C13H25NO4. The first-order valence-corrected chi connectivity index (χ1v) is 6.66. The van der Waals surface area contributed by atoms with Crippen LogP contribution in [0, 0.1) is 0 Å². The summed E-state index contributed by atoms with van der Waals surface area (Å²) in [6, 6.07) is 0.407. The van der Waals surface area contributed by atoms with Crippen LogP contribution in [-0.2, 0) is 14.3 Å². The van der Waals surface area contributed by atoms with Crippen molar-refractivity contribution in [2.24, 2.45) is 0 Å². The fourth-order valence-electron chi connectivity index (χ4n) is 1.85. The molecule has 1 rings (SSSR count). The topological polar surface area (TPSA) is 67.8 Å². The van der Waals surface area contributed by atoms with Gasteiger partial charge in [0, 0.05) is 19.8 Å². The highest BCUT2D eigenvalue weighted by Crippen LogP contribution is 2.25. The average molecular weight is 259 g/mol. The molecule has 0 aromatic carbocycles. The highest BCUT2D eigenvalue weighted by Gasteiger charge is 2.37. The number of nitrogens with one attached hydrogen (secondary N) is 1. The quantitative estimate of drug-likeness (QED) is 0.549. The predicted octanol–water partition coefficient (Wildman–Crippen LogP) is 1.41. The van der Waals surface area contributed by atoms with Crippen LogP contribution in [0.3, 0.4) is 0 Å². The van der Waals surface area contributed by atoms with Crippen LogP contribution in [0.5, 0.6) is 0 Å². The number of ether oxygens (including phenoxy) is 2. The second-order valence-electron chi connectivity index (χ2n) is 5.12. The molecule has 0 aromatic heterocycles. The summed E-state index contributed by atoms with van der Waals surface area (Å²) in [5.41, 5.74) is -0.784. The van der Waals surface area contributed by atoms with Crippen molar-refractivity contribution >= 4 is 5.97 Å². The lowest BCUT2D eigenvalue weighted by molar-refractivity contribution is -0.144. The van der Waals surface area contributed by atoms with Crippen molar-refractivity contribution < 1.29 is 19.4 Å². The van der Waals surface area contributed by atoms with Gasteiger partial charge in [0.2, 0.25) is 0 Å². The maximum absolute atomic E-state index is 11.3. The van der Waals surface area contributed by atoms with Gasteiger partial charge in [-0.2, -0.15) is 0 Å². The van der Waals surface area contributed by atoms with Crippen molar-refractivity contribution in [1.29, 1.82) is 0 Å². The lowest BCUT2D eigenvalue weighted by Crippen LogP contribution is -2.50. The van der Waals surface area contributed by atoms with Crippen molar-refractivity contribution in [3.8, 4) is 0 Å². The van der Waals surface area contributed by atoms with Gasteiger partial charge in [0.15, 0.2) is 0 Å². The van der Waals surface area contributed by atoms with Gasteiger partial charge in [-0.3, -0.25) is 10.1 Å². The summed E-state index contributed by atoms with van der Waals surface area (Å²) in [5.74, 6) is -0.755. The Kier molecular flexibility index (Phi) is 6.60. The molecule has 1 fully saturated rings. The van der Waals surface area contributed by atoms with Crippen LogP contribution in [-0.4, -0.2) is 49.6 Å². The minimum atomic E-state index is -0.784. The second-order valence-corrected chi connectivity index (χ2v) is 5.12. The van der Waals surface area contributed by atoms with Gasteiger partial charge in [-0.05, 0) is 39.0 Å². The molecule has 1 atom stereocenters. The van der Waals surface area contributed by atoms with Gasteiger partial charge in [0.1, 0.15) is 5.54 Å². The highest BCUT2D eigenvalue weighted by atomic mass is 16.5. The van der Waals surface area contributed by atoms with Crippen LogP contribution in [0.4, 0.5) is 0 Å². The number of hydrogen-bond donors (Lipinski definition) is 2. The largest absolute Gasteiger partial charge is 0.480 e. The van der Waals surface area contributed by atoms with E-state index in [-0.39, 0.29) is 0 Å². The summed E-state index contributed by atoms with van der Waals surface area (Å²) in [6.45, 7) is 3.66. The zero-order chi connectivity index (χ0) is 13.4.